The van der Waals surface area contributed by atoms with Crippen molar-refractivity contribution in [3.63, 3.8) is 0 Å². The molecular formula is C13H17NO3. The molecule has 1 aliphatic rings. The fraction of sp³-hybridized carbons (Fsp3) is 0.462. The molecule has 4 nitrogen and oxygen atoms in total. The van der Waals surface area contributed by atoms with Crippen LogP contribution in [-0.2, 0) is 11.2 Å². The van der Waals surface area contributed by atoms with E-state index in [-0.39, 0.29) is 5.91 Å². The largest absolute Gasteiger partial charge is 0.480 e. The molecule has 1 aromatic rings. The lowest BCUT2D eigenvalue weighted by molar-refractivity contribution is -0.137. The zero-order valence-electron chi connectivity index (χ0n) is 10.1. The third kappa shape index (κ3) is 2.58. The predicted molar refractivity (Wildman–Crippen MR) is 63.9 cm³/mol. The fourth-order valence-electron chi connectivity index (χ4n) is 2.05. The topological polar surface area (TPSA) is 49.8 Å². The number of carbonyl (C=O) groups excluding carboxylic acids is 1. The average molecular weight is 235 g/mol. The van der Waals surface area contributed by atoms with Crippen molar-refractivity contribution in [1.29, 1.82) is 0 Å². The Bertz CT molecular complexity index is 392. The number of rotatable bonds is 3. The fourth-order valence-corrected chi connectivity index (χ4v) is 2.05. The molecule has 0 radical (unpaired) electrons. The van der Waals surface area contributed by atoms with Crippen molar-refractivity contribution in [3.8, 4) is 5.75 Å². The average Bonchev–Trinajstić information content (AvgIpc) is 2.70. The van der Waals surface area contributed by atoms with Gasteiger partial charge in [-0.15, -0.1) is 0 Å². The maximum absolute atomic E-state index is 12.0. The molecule has 2 unspecified atom stereocenters. The summed E-state index contributed by atoms with van der Waals surface area (Å²) in [5.41, 5.74) is 1.07. The first-order chi connectivity index (χ1) is 8.08. The van der Waals surface area contributed by atoms with E-state index < -0.39 is 12.2 Å². The molecule has 0 spiro atoms. The minimum atomic E-state index is -0.521. The van der Waals surface area contributed by atoms with Crippen LogP contribution in [0.3, 0.4) is 0 Å². The lowest BCUT2D eigenvalue weighted by Gasteiger charge is -2.21. The van der Waals surface area contributed by atoms with E-state index in [9.17, 15) is 9.90 Å². The van der Waals surface area contributed by atoms with Crippen molar-refractivity contribution in [2.75, 3.05) is 13.6 Å². The number of fused-ring (bicyclic) bond motifs is 1. The number of benzene rings is 1. The van der Waals surface area contributed by atoms with Crippen molar-refractivity contribution in [2.45, 2.75) is 25.6 Å². The van der Waals surface area contributed by atoms with E-state index in [1.807, 2.05) is 24.3 Å². The summed E-state index contributed by atoms with van der Waals surface area (Å²) >= 11 is 0. The number of para-hydroxylation sites is 1. The van der Waals surface area contributed by atoms with Gasteiger partial charge < -0.3 is 14.7 Å². The number of nitrogens with zero attached hydrogens (tertiary/aromatic N) is 1. The minimum Gasteiger partial charge on any atom is -0.480 e. The van der Waals surface area contributed by atoms with E-state index in [1.165, 1.54) is 4.90 Å². The Kier molecular flexibility index (Phi) is 3.33. The van der Waals surface area contributed by atoms with Gasteiger partial charge >= 0.3 is 0 Å². The van der Waals surface area contributed by atoms with Crippen LogP contribution in [0.1, 0.15) is 12.5 Å². The zero-order valence-corrected chi connectivity index (χ0v) is 10.1. The van der Waals surface area contributed by atoms with Crippen LogP contribution in [0, 0.1) is 0 Å². The summed E-state index contributed by atoms with van der Waals surface area (Å²) in [4.78, 5) is 13.6. The molecule has 2 rings (SSSR count). The van der Waals surface area contributed by atoms with E-state index in [2.05, 4.69) is 0 Å². The van der Waals surface area contributed by atoms with Gasteiger partial charge in [0, 0.05) is 20.0 Å². The third-order valence-electron chi connectivity index (χ3n) is 2.84. The second kappa shape index (κ2) is 4.75. The van der Waals surface area contributed by atoms with Crippen molar-refractivity contribution >= 4 is 5.91 Å². The van der Waals surface area contributed by atoms with Crippen LogP contribution in [0.25, 0.3) is 0 Å². The van der Waals surface area contributed by atoms with Gasteiger partial charge in [0.2, 0.25) is 0 Å². The molecule has 0 saturated carbocycles. The van der Waals surface area contributed by atoms with E-state index in [0.29, 0.717) is 13.0 Å². The van der Waals surface area contributed by atoms with E-state index in [0.717, 1.165) is 11.3 Å². The van der Waals surface area contributed by atoms with Crippen LogP contribution in [0.2, 0.25) is 0 Å². The van der Waals surface area contributed by atoms with Gasteiger partial charge in [-0.1, -0.05) is 18.2 Å². The second-order valence-electron chi connectivity index (χ2n) is 4.49. The summed E-state index contributed by atoms with van der Waals surface area (Å²) < 4.78 is 5.60. The van der Waals surface area contributed by atoms with E-state index in [1.54, 1.807) is 14.0 Å². The summed E-state index contributed by atoms with van der Waals surface area (Å²) in [6.07, 6.45) is -0.358. The first-order valence-electron chi connectivity index (χ1n) is 5.75. The Balaban J connectivity index is 2.01. The number of amides is 1. The number of aliphatic hydroxyl groups is 1. The predicted octanol–water partition coefficient (Wildman–Crippen LogP) is 0.829. The van der Waals surface area contributed by atoms with Crippen molar-refractivity contribution in [1.82, 2.24) is 4.90 Å². The number of likely N-dealkylation sites (N-methyl/N-ethyl adjacent to an activating group) is 1. The van der Waals surface area contributed by atoms with Gasteiger partial charge in [0.15, 0.2) is 6.10 Å². The minimum absolute atomic E-state index is 0.0814. The molecule has 2 atom stereocenters. The number of carbonyl (C=O) groups is 1. The highest BCUT2D eigenvalue weighted by Gasteiger charge is 2.31. The smallest absolute Gasteiger partial charge is 0.263 e. The van der Waals surface area contributed by atoms with E-state index >= 15 is 0 Å². The molecule has 0 fully saturated rings. The molecule has 0 saturated heterocycles. The molecule has 4 heteroatoms. The Labute approximate surface area is 101 Å². The van der Waals surface area contributed by atoms with E-state index in [4.69, 9.17) is 4.74 Å². The Morgan fingerprint density at radius 2 is 2.29 bits per heavy atom. The van der Waals surface area contributed by atoms with Crippen LogP contribution >= 0.6 is 0 Å². The SMILES string of the molecule is CC(O)CN(C)C(=O)C1Cc2ccccc2O1. The monoisotopic (exact) mass is 235 g/mol. The molecule has 1 heterocycles. The van der Waals surface area contributed by atoms with Crippen LogP contribution in [0.15, 0.2) is 24.3 Å². The summed E-state index contributed by atoms with van der Waals surface area (Å²) in [7, 11) is 1.68. The lowest BCUT2D eigenvalue weighted by atomic mass is 10.1. The summed E-state index contributed by atoms with van der Waals surface area (Å²) in [5, 5.41) is 9.25. The molecular weight excluding hydrogens is 218 g/mol. The van der Waals surface area contributed by atoms with Crippen LogP contribution in [-0.4, -0.2) is 41.7 Å². The van der Waals surface area contributed by atoms with Crippen LogP contribution in [0.4, 0.5) is 0 Å². The first kappa shape index (κ1) is 11.9. The normalized spacial score (nSPS) is 19.4. The van der Waals surface area contributed by atoms with Gasteiger partial charge in [0.05, 0.1) is 6.10 Å². The van der Waals surface area contributed by atoms with Crippen LogP contribution in [0.5, 0.6) is 5.75 Å². The maximum Gasteiger partial charge on any atom is 0.263 e. The Morgan fingerprint density at radius 1 is 1.59 bits per heavy atom. The maximum atomic E-state index is 12.0. The van der Waals surface area contributed by atoms with Crippen LogP contribution < -0.4 is 4.74 Å². The molecule has 1 amide bonds. The highest BCUT2D eigenvalue weighted by Crippen LogP contribution is 2.28. The molecule has 1 aromatic carbocycles. The second-order valence-corrected chi connectivity index (χ2v) is 4.49. The van der Waals surface area contributed by atoms with Crippen molar-refractivity contribution in [2.24, 2.45) is 0 Å². The van der Waals surface area contributed by atoms with Crippen molar-refractivity contribution < 1.29 is 14.6 Å². The summed E-state index contributed by atoms with van der Waals surface area (Å²) in [5.74, 6) is 0.707. The number of hydrogen-bond donors (Lipinski definition) is 1. The van der Waals surface area contributed by atoms with Crippen molar-refractivity contribution in [3.05, 3.63) is 29.8 Å². The molecule has 0 aromatic heterocycles. The standard InChI is InChI=1S/C13H17NO3/c1-9(15)8-14(2)13(16)12-7-10-5-3-4-6-11(10)17-12/h3-6,9,12,15H,7-8H2,1-2H3. The van der Waals surface area contributed by atoms with Gasteiger partial charge in [-0.25, -0.2) is 0 Å². The molecule has 17 heavy (non-hydrogen) atoms. The molecule has 92 valence electrons. The van der Waals surface area contributed by atoms with Gasteiger partial charge in [0.25, 0.3) is 5.91 Å². The first-order valence-corrected chi connectivity index (χ1v) is 5.75. The molecule has 1 N–H and O–H groups in total. The zero-order chi connectivity index (χ0) is 12.4. The molecule has 0 bridgehead atoms. The van der Waals surface area contributed by atoms with Gasteiger partial charge in [-0.2, -0.15) is 0 Å². The number of aliphatic hydroxyl groups excluding tert-OH is 1. The summed E-state index contributed by atoms with van der Waals surface area (Å²) in [6, 6.07) is 7.67. The number of hydrogen-bond acceptors (Lipinski definition) is 3. The summed E-state index contributed by atoms with van der Waals surface area (Å²) in [6.45, 7) is 1.99. The van der Waals surface area contributed by atoms with Gasteiger partial charge in [-0.05, 0) is 18.6 Å². The Hall–Kier alpha value is -1.55. The number of ether oxygens (including phenoxy) is 1. The Morgan fingerprint density at radius 3 is 2.94 bits per heavy atom. The van der Waals surface area contributed by atoms with Gasteiger partial charge in [0.1, 0.15) is 5.75 Å². The van der Waals surface area contributed by atoms with Gasteiger partial charge in [-0.3, -0.25) is 4.79 Å². The quantitative estimate of drug-likeness (QED) is 0.844. The molecule has 0 aliphatic carbocycles. The lowest BCUT2D eigenvalue weighted by Crippen LogP contribution is -2.41. The highest BCUT2D eigenvalue weighted by molar-refractivity contribution is 5.82. The highest BCUT2D eigenvalue weighted by atomic mass is 16.5. The third-order valence-corrected chi connectivity index (χ3v) is 2.84. The molecule has 1 aliphatic heterocycles.